The third-order valence-electron chi connectivity index (χ3n) is 2.82. The molecule has 1 aliphatic carbocycles. The molecule has 0 bridgehead atoms. The van der Waals surface area contributed by atoms with Gasteiger partial charge in [0, 0.05) is 6.42 Å². The molecule has 0 fully saturated rings. The minimum atomic E-state index is 0.966. The standard InChI is InChI=1S/C12H13NO/c1-3-7-11-9(5-1)13-10-6-2-4-8-12(10)14-11/h1,3,5,7,13H,2,4,6,8H2. The van der Waals surface area contributed by atoms with Gasteiger partial charge in [-0.1, -0.05) is 12.1 Å². The number of nitrogens with one attached hydrogen (secondary N) is 1. The Morgan fingerprint density at radius 3 is 2.93 bits per heavy atom. The topological polar surface area (TPSA) is 21.3 Å². The number of hydrogen-bond donors (Lipinski definition) is 1. The second-order valence-electron chi connectivity index (χ2n) is 3.83. The molecule has 0 amide bonds. The molecule has 0 aromatic heterocycles. The van der Waals surface area contributed by atoms with Gasteiger partial charge in [-0.25, -0.2) is 0 Å². The van der Waals surface area contributed by atoms with Crippen molar-refractivity contribution in [3.05, 3.63) is 35.7 Å². The summed E-state index contributed by atoms with van der Waals surface area (Å²) in [7, 11) is 0. The number of rotatable bonds is 0. The largest absolute Gasteiger partial charge is 0.458 e. The van der Waals surface area contributed by atoms with Crippen molar-refractivity contribution in [1.82, 2.24) is 0 Å². The molecule has 0 spiro atoms. The molecule has 2 aliphatic rings. The number of anilines is 1. The summed E-state index contributed by atoms with van der Waals surface area (Å²) in [4.78, 5) is 0. The summed E-state index contributed by atoms with van der Waals surface area (Å²) in [5.41, 5.74) is 2.39. The highest BCUT2D eigenvalue weighted by Crippen LogP contribution is 2.37. The second kappa shape index (κ2) is 3.05. The zero-order valence-electron chi connectivity index (χ0n) is 8.05. The molecule has 0 unspecified atom stereocenters. The number of allylic oxidation sites excluding steroid dienone is 2. The number of benzene rings is 1. The Balaban J connectivity index is 1.99. The van der Waals surface area contributed by atoms with Crippen LogP contribution in [0.3, 0.4) is 0 Å². The van der Waals surface area contributed by atoms with E-state index in [0.717, 1.165) is 30.0 Å². The van der Waals surface area contributed by atoms with Crippen LogP contribution in [-0.2, 0) is 0 Å². The molecule has 72 valence electrons. The van der Waals surface area contributed by atoms with Crippen molar-refractivity contribution in [2.45, 2.75) is 25.7 Å². The van der Waals surface area contributed by atoms with Crippen LogP contribution in [0.2, 0.25) is 0 Å². The molecule has 3 rings (SSSR count). The smallest absolute Gasteiger partial charge is 0.150 e. The zero-order chi connectivity index (χ0) is 9.38. The first-order chi connectivity index (χ1) is 6.93. The first-order valence-electron chi connectivity index (χ1n) is 5.19. The maximum Gasteiger partial charge on any atom is 0.150 e. The summed E-state index contributed by atoms with van der Waals surface area (Å²) >= 11 is 0. The third kappa shape index (κ3) is 1.18. The summed E-state index contributed by atoms with van der Waals surface area (Å²) in [5.74, 6) is 2.11. The summed E-state index contributed by atoms with van der Waals surface area (Å²) in [5, 5.41) is 3.45. The van der Waals surface area contributed by atoms with E-state index in [2.05, 4.69) is 11.4 Å². The Labute approximate surface area is 83.6 Å². The fourth-order valence-corrected chi connectivity index (χ4v) is 2.08. The normalized spacial score (nSPS) is 19.1. The van der Waals surface area contributed by atoms with Gasteiger partial charge in [0.15, 0.2) is 0 Å². The SMILES string of the molecule is c1ccc2c(c1)NC1=C(CCCC1)O2. The minimum Gasteiger partial charge on any atom is -0.458 e. The summed E-state index contributed by atoms with van der Waals surface area (Å²) in [6.07, 6.45) is 4.74. The van der Waals surface area contributed by atoms with Crippen molar-refractivity contribution in [3.63, 3.8) is 0 Å². The average molecular weight is 187 g/mol. The van der Waals surface area contributed by atoms with Crippen molar-refractivity contribution in [2.24, 2.45) is 0 Å². The second-order valence-corrected chi connectivity index (χ2v) is 3.83. The van der Waals surface area contributed by atoms with Crippen LogP contribution in [0.15, 0.2) is 35.7 Å². The van der Waals surface area contributed by atoms with Gasteiger partial charge in [-0.3, -0.25) is 0 Å². The summed E-state index contributed by atoms with van der Waals surface area (Å²) in [6.45, 7) is 0. The van der Waals surface area contributed by atoms with Crippen LogP contribution < -0.4 is 10.1 Å². The molecule has 1 N–H and O–H groups in total. The highest BCUT2D eigenvalue weighted by atomic mass is 16.5. The van der Waals surface area contributed by atoms with Gasteiger partial charge in [-0.2, -0.15) is 0 Å². The van der Waals surface area contributed by atoms with E-state index in [4.69, 9.17) is 4.74 Å². The Morgan fingerprint density at radius 1 is 1.07 bits per heavy atom. The van der Waals surface area contributed by atoms with Gasteiger partial charge in [0.25, 0.3) is 0 Å². The maximum atomic E-state index is 5.85. The van der Waals surface area contributed by atoms with Gasteiger partial charge < -0.3 is 10.1 Å². The number of hydrogen-bond acceptors (Lipinski definition) is 2. The molecule has 1 heterocycles. The fraction of sp³-hybridized carbons (Fsp3) is 0.333. The Bertz CT molecular complexity index is 358. The van der Waals surface area contributed by atoms with E-state index < -0.39 is 0 Å². The van der Waals surface area contributed by atoms with Gasteiger partial charge in [-0.05, 0) is 31.4 Å². The summed E-state index contributed by atoms with van der Waals surface area (Å²) in [6, 6.07) is 8.12. The van der Waals surface area contributed by atoms with Crippen LogP contribution >= 0.6 is 0 Å². The molecule has 1 aliphatic heterocycles. The number of fused-ring (bicyclic) bond motifs is 1. The van der Waals surface area contributed by atoms with Crippen molar-refractivity contribution >= 4 is 5.69 Å². The molecule has 0 radical (unpaired) electrons. The lowest BCUT2D eigenvalue weighted by atomic mass is 10.0. The maximum absolute atomic E-state index is 5.85. The van der Waals surface area contributed by atoms with E-state index in [0.29, 0.717) is 0 Å². The van der Waals surface area contributed by atoms with Crippen LogP contribution in [0, 0.1) is 0 Å². The number of ether oxygens (including phenoxy) is 1. The van der Waals surface area contributed by atoms with Gasteiger partial charge >= 0.3 is 0 Å². The quantitative estimate of drug-likeness (QED) is 0.673. The van der Waals surface area contributed by atoms with Crippen molar-refractivity contribution in [3.8, 4) is 5.75 Å². The molecule has 2 nitrogen and oxygen atoms in total. The molecule has 1 aromatic rings. The fourth-order valence-electron chi connectivity index (χ4n) is 2.08. The van der Waals surface area contributed by atoms with Gasteiger partial charge in [0.1, 0.15) is 11.5 Å². The molecular weight excluding hydrogens is 174 g/mol. The van der Waals surface area contributed by atoms with E-state index in [9.17, 15) is 0 Å². The van der Waals surface area contributed by atoms with Gasteiger partial charge in [0.2, 0.25) is 0 Å². The lowest BCUT2D eigenvalue weighted by molar-refractivity contribution is 0.369. The van der Waals surface area contributed by atoms with E-state index in [-0.39, 0.29) is 0 Å². The zero-order valence-corrected chi connectivity index (χ0v) is 8.05. The predicted molar refractivity (Wildman–Crippen MR) is 56.2 cm³/mol. The van der Waals surface area contributed by atoms with Gasteiger partial charge in [0.05, 0.1) is 11.4 Å². The first kappa shape index (κ1) is 7.92. The molecule has 0 saturated carbocycles. The summed E-state index contributed by atoms with van der Waals surface area (Å²) < 4.78 is 5.85. The Kier molecular flexibility index (Phi) is 1.72. The van der Waals surface area contributed by atoms with Gasteiger partial charge in [-0.15, -0.1) is 0 Å². The van der Waals surface area contributed by atoms with Crippen molar-refractivity contribution < 1.29 is 4.74 Å². The lowest BCUT2D eigenvalue weighted by Crippen LogP contribution is -2.17. The van der Waals surface area contributed by atoms with Crippen molar-refractivity contribution in [1.29, 1.82) is 0 Å². The van der Waals surface area contributed by atoms with Crippen LogP contribution in [0.5, 0.6) is 5.75 Å². The van der Waals surface area contributed by atoms with Crippen LogP contribution in [0.4, 0.5) is 5.69 Å². The average Bonchev–Trinajstić information content (AvgIpc) is 2.26. The highest BCUT2D eigenvalue weighted by molar-refractivity contribution is 5.62. The molecular formula is C12H13NO. The molecule has 0 atom stereocenters. The lowest BCUT2D eigenvalue weighted by Gasteiger charge is -2.27. The minimum absolute atomic E-state index is 0.966. The van der Waals surface area contributed by atoms with Crippen molar-refractivity contribution in [2.75, 3.05) is 5.32 Å². The monoisotopic (exact) mass is 187 g/mol. The van der Waals surface area contributed by atoms with E-state index in [1.165, 1.54) is 18.5 Å². The first-order valence-corrected chi connectivity index (χ1v) is 5.19. The van der Waals surface area contributed by atoms with E-state index in [1.807, 2.05) is 18.2 Å². The molecule has 1 aromatic carbocycles. The van der Waals surface area contributed by atoms with E-state index in [1.54, 1.807) is 0 Å². The third-order valence-corrected chi connectivity index (χ3v) is 2.82. The van der Waals surface area contributed by atoms with Crippen LogP contribution in [-0.4, -0.2) is 0 Å². The van der Waals surface area contributed by atoms with Crippen LogP contribution in [0.25, 0.3) is 0 Å². The Morgan fingerprint density at radius 2 is 1.93 bits per heavy atom. The predicted octanol–water partition coefficient (Wildman–Crippen LogP) is 3.28. The number of para-hydroxylation sites is 2. The highest BCUT2D eigenvalue weighted by Gasteiger charge is 2.20. The molecule has 14 heavy (non-hydrogen) atoms. The Hall–Kier alpha value is -1.44. The molecule has 0 saturated heterocycles. The molecule has 2 heteroatoms. The van der Waals surface area contributed by atoms with E-state index >= 15 is 0 Å². The van der Waals surface area contributed by atoms with Crippen LogP contribution in [0.1, 0.15) is 25.7 Å².